The number of ether oxygens (including phenoxy) is 1. The highest BCUT2D eigenvalue weighted by Gasteiger charge is 2.23. The van der Waals surface area contributed by atoms with Crippen LogP contribution in [0.25, 0.3) is 0 Å². The predicted molar refractivity (Wildman–Crippen MR) is 74.2 cm³/mol. The Kier molecular flexibility index (Phi) is 4.42. The summed E-state index contributed by atoms with van der Waals surface area (Å²) >= 11 is 3.63. The van der Waals surface area contributed by atoms with Crippen LogP contribution < -0.4 is 10.6 Å². The van der Waals surface area contributed by atoms with E-state index in [4.69, 9.17) is 10.5 Å². The van der Waals surface area contributed by atoms with Gasteiger partial charge in [0.15, 0.2) is 0 Å². The van der Waals surface area contributed by atoms with Crippen molar-refractivity contribution < 1.29 is 4.74 Å². The molecule has 0 aromatic heterocycles. The molecular weight excluding hydrogens is 280 g/mol. The number of hydrogen-bond donors (Lipinski definition) is 1. The molecule has 0 spiro atoms. The van der Waals surface area contributed by atoms with Gasteiger partial charge in [-0.2, -0.15) is 0 Å². The van der Waals surface area contributed by atoms with Gasteiger partial charge in [0.1, 0.15) is 0 Å². The monoisotopic (exact) mass is 298 g/mol. The maximum Gasteiger partial charge on any atom is 0.0510 e. The summed E-state index contributed by atoms with van der Waals surface area (Å²) in [7, 11) is 1.77. The highest BCUT2D eigenvalue weighted by molar-refractivity contribution is 9.10. The normalized spacial score (nSPS) is 19.9. The lowest BCUT2D eigenvalue weighted by atomic mass is 10.1. The van der Waals surface area contributed by atoms with E-state index >= 15 is 0 Å². The number of nitrogens with two attached hydrogens (primary N) is 1. The first-order valence-corrected chi connectivity index (χ1v) is 6.76. The minimum absolute atomic E-state index is 0.588. The SMILES string of the molecule is COCC1CCN(c2ccc(CN)cc2Br)C1. The Labute approximate surface area is 111 Å². The Balaban J connectivity index is 2.08. The zero-order valence-corrected chi connectivity index (χ0v) is 11.7. The van der Waals surface area contributed by atoms with Gasteiger partial charge in [0.05, 0.1) is 12.3 Å². The summed E-state index contributed by atoms with van der Waals surface area (Å²) in [6, 6.07) is 6.37. The van der Waals surface area contributed by atoms with Gasteiger partial charge < -0.3 is 15.4 Å². The fourth-order valence-corrected chi connectivity index (χ4v) is 3.03. The summed E-state index contributed by atoms with van der Waals surface area (Å²) in [6.07, 6.45) is 1.21. The molecule has 1 aromatic carbocycles. The number of methoxy groups -OCH3 is 1. The van der Waals surface area contributed by atoms with Crippen molar-refractivity contribution in [2.45, 2.75) is 13.0 Å². The van der Waals surface area contributed by atoms with Crippen LogP contribution >= 0.6 is 15.9 Å². The molecule has 1 heterocycles. The van der Waals surface area contributed by atoms with Gasteiger partial charge in [0, 0.05) is 37.1 Å². The van der Waals surface area contributed by atoms with E-state index in [1.165, 1.54) is 12.1 Å². The molecule has 1 saturated heterocycles. The van der Waals surface area contributed by atoms with Crippen LogP contribution in [0.4, 0.5) is 5.69 Å². The van der Waals surface area contributed by atoms with Crippen LogP contribution in [0.5, 0.6) is 0 Å². The molecule has 2 rings (SSSR count). The predicted octanol–water partition coefficient (Wildman–Crippen LogP) is 2.38. The van der Waals surface area contributed by atoms with Crippen LogP contribution in [0.3, 0.4) is 0 Å². The van der Waals surface area contributed by atoms with E-state index in [9.17, 15) is 0 Å². The standard InChI is InChI=1S/C13H19BrN2O/c1-17-9-11-4-5-16(8-11)13-3-2-10(7-15)6-12(13)14/h2-3,6,11H,4-5,7-9,15H2,1H3. The second-order valence-electron chi connectivity index (χ2n) is 4.55. The average Bonchev–Trinajstić information content (AvgIpc) is 2.78. The topological polar surface area (TPSA) is 38.5 Å². The van der Waals surface area contributed by atoms with Crippen LogP contribution in [0.2, 0.25) is 0 Å². The molecule has 0 radical (unpaired) electrons. The minimum Gasteiger partial charge on any atom is -0.384 e. The van der Waals surface area contributed by atoms with Crippen LogP contribution in [0.15, 0.2) is 22.7 Å². The summed E-state index contributed by atoms with van der Waals surface area (Å²) in [6.45, 7) is 3.63. The van der Waals surface area contributed by atoms with E-state index in [0.717, 1.165) is 29.7 Å². The van der Waals surface area contributed by atoms with Crippen molar-refractivity contribution in [3.8, 4) is 0 Å². The largest absolute Gasteiger partial charge is 0.384 e. The second kappa shape index (κ2) is 5.85. The summed E-state index contributed by atoms with van der Waals surface area (Å²) in [5.74, 6) is 0.654. The van der Waals surface area contributed by atoms with Crippen molar-refractivity contribution >= 4 is 21.6 Å². The lowest BCUT2D eigenvalue weighted by molar-refractivity contribution is 0.161. The lowest BCUT2D eigenvalue weighted by Crippen LogP contribution is -2.21. The molecule has 1 aromatic rings. The molecule has 2 N–H and O–H groups in total. The number of hydrogen-bond acceptors (Lipinski definition) is 3. The zero-order valence-electron chi connectivity index (χ0n) is 10.2. The van der Waals surface area contributed by atoms with Crippen molar-refractivity contribution in [2.75, 3.05) is 31.7 Å². The number of nitrogens with zero attached hydrogens (tertiary/aromatic N) is 1. The van der Waals surface area contributed by atoms with E-state index in [1.54, 1.807) is 7.11 Å². The molecule has 94 valence electrons. The summed E-state index contributed by atoms with van der Waals surface area (Å²) in [5, 5.41) is 0. The molecule has 0 bridgehead atoms. The number of anilines is 1. The third-order valence-electron chi connectivity index (χ3n) is 3.28. The van der Waals surface area contributed by atoms with Crippen LogP contribution in [-0.2, 0) is 11.3 Å². The average molecular weight is 299 g/mol. The van der Waals surface area contributed by atoms with Crippen molar-refractivity contribution in [1.29, 1.82) is 0 Å². The van der Waals surface area contributed by atoms with Gasteiger partial charge in [0.2, 0.25) is 0 Å². The molecule has 0 aliphatic carbocycles. The molecule has 0 amide bonds. The zero-order chi connectivity index (χ0) is 12.3. The summed E-state index contributed by atoms with van der Waals surface area (Å²) in [4.78, 5) is 2.41. The molecular formula is C13H19BrN2O. The van der Waals surface area contributed by atoms with Gasteiger partial charge in [-0.05, 0) is 40.0 Å². The Morgan fingerprint density at radius 3 is 3.00 bits per heavy atom. The summed E-state index contributed by atoms with van der Waals surface area (Å²) in [5.41, 5.74) is 8.06. The maximum atomic E-state index is 5.63. The molecule has 1 aliphatic heterocycles. The first kappa shape index (κ1) is 12.9. The maximum absolute atomic E-state index is 5.63. The van der Waals surface area contributed by atoms with Crippen molar-refractivity contribution in [3.05, 3.63) is 28.2 Å². The third kappa shape index (κ3) is 3.00. The third-order valence-corrected chi connectivity index (χ3v) is 3.91. The highest BCUT2D eigenvalue weighted by atomic mass is 79.9. The van der Waals surface area contributed by atoms with E-state index in [2.05, 4.69) is 39.0 Å². The molecule has 1 fully saturated rings. The van der Waals surface area contributed by atoms with E-state index in [-0.39, 0.29) is 0 Å². The fraction of sp³-hybridized carbons (Fsp3) is 0.538. The molecule has 1 unspecified atom stereocenters. The minimum atomic E-state index is 0.588. The first-order chi connectivity index (χ1) is 8.24. The number of halogens is 1. The molecule has 1 atom stereocenters. The van der Waals surface area contributed by atoms with Crippen LogP contribution in [0.1, 0.15) is 12.0 Å². The Morgan fingerprint density at radius 2 is 2.35 bits per heavy atom. The van der Waals surface area contributed by atoms with Crippen LogP contribution in [-0.4, -0.2) is 26.8 Å². The highest BCUT2D eigenvalue weighted by Crippen LogP contribution is 2.31. The van der Waals surface area contributed by atoms with Crippen molar-refractivity contribution in [1.82, 2.24) is 0 Å². The van der Waals surface area contributed by atoms with E-state index < -0.39 is 0 Å². The first-order valence-electron chi connectivity index (χ1n) is 5.97. The Hall–Kier alpha value is -0.580. The van der Waals surface area contributed by atoms with Gasteiger partial charge in [-0.1, -0.05) is 6.07 Å². The quantitative estimate of drug-likeness (QED) is 0.927. The molecule has 3 nitrogen and oxygen atoms in total. The van der Waals surface area contributed by atoms with Crippen molar-refractivity contribution in [2.24, 2.45) is 11.7 Å². The number of benzene rings is 1. The van der Waals surface area contributed by atoms with Gasteiger partial charge in [-0.15, -0.1) is 0 Å². The smallest absolute Gasteiger partial charge is 0.0510 e. The molecule has 17 heavy (non-hydrogen) atoms. The van der Waals surface area contributed by atoms with E-state index in [1.807, 2.05) is 0 Å². The van der Waals surface area contributed by atoms with Gasteiger partial charge in [-0.3, -0.25) is 0 Å². The second-order valence-corrected chi connectivity index (χ2v) is 5.40. The van der Waals surface area contributed by atoms with Crippen molar-refractivity contribution in [3.63, 3.8) is 0 Å². The molecule has 4 heteroatoms. The Morgan fingerprint density at radius 1 is 1.53 bits per heavy atom. The van der Waals surface area contributed by atoms with Gasteiger partial charge in [0.25, 0.3) is 0 Å². The van der Waals surface area contributed by atoms with Gasteiger partial charge in [-0.25, -0.2) is 0 Å². The number of rotatable bonds is 4. The van der Waals surface area contributed by atoms with Crippen LogP contribution in [0, 0.1) is 5.92 Å². The molecule has 0 saturated carbocycles. The van der Waals surface area contributed by atoms with Gasteiger partial charge >= 0.3 is 0 Å². The Bertz CT molecular complexity index is 384. The van der Waals surface area contributed by atoms with E-state index in [0.29, 0.717) is 12.5 Å². The summed E-state index contributed by atoms with van der Waals surface area (Å²) < 4.78 is 6.36. The fourth-order valence-electron chi connectivity index (χ4n) is 2.36. The molecule has 1 aliphatic rings. The lowest BCUT2D eigenvalue weighted by Gasteiger charge is -2.20.